The molecule has 0 aromatic carbocycles. The number of nitrogens with one attached hydrogen (secondary N) is 1. The molecule has 1 aliphatic heterocycles. The van der Waals surface area contributed by atoms with Crippen LogP contribution in [-0.2, 0) is 0 Å². The molecule has 106 valence electrons. The Morgan fingerprint density at radius 1 is 1.11 bits per heavy atom. The van der Waals surface area contributed by atoms with E-state index in [9.17, 15) is 0 Å². The smallest absolute Gasteiger partial charge is 0.0198 e. The standard InChI is InChI=1S/C16H32N2/c1-5-8-17-16-9-15(12(2)3)10-18(11-16)13(4)14-6-7-14/h12-17H,5-11H2,1-4H3. The summed E-state index contributed by atoms with van der Waals surface area (Å²) >= 11 is 0. The van der Waals surface area contributed by atoms with Crippen molar-refractivity contribution in [1.82, 2.24) is 10.2 Å². The summed E-state index contributed by atoms with van der Waals surface area (Å²) in [6.07, 6.45) is 5.57. The summed E-state index contributed by atoms with van der Waals surface area (Å²) in [4.78, 5) is 2.78. The minimum Gasteiger partial charge on any atom is -0.313 e. The van der Waals surface area contributed by atoms with Crippen LogP contribution in [0.15, 0.2) is 0 Å². The number of likely N-dealkylation sites (tertiary alicyclic amines) is 1. The van der Waals surface area contributed by atoms with Crippen LogP contribution < -0.4 is 5.32 Å². The van der Waals surface area contributed by atoms with E-state index in [1.165, 1.54) is 45.3 Å². The molecule has 0 aromatic rings. The quantitative estimate of drug-likeness (QED) is 0.781. The van der Waals surface area contributed by atoms with E-state index in [-0.39, 0.29) is 0 Å². The molecule has 1 N–H and O–H groups in total. The van der Waals surface area contributed by atoms with Crippen molar-refractivity contribution >= 4 is 0 Å². The van der Waals surface area contributed by atoms with Crippen molar-refractivity contribution in [2.45, 2.75) is 65.5 Å². The van der Waals surface area contributed by atoms with Crippen LogP contribution in [-0.4, -0.2) is 36.6 Å². The SMILES string of the molecule is CCCNC1CC(C(C)C)CN(C(C)C2CC2)C1. The van der Waals surface area contributed by atoms with Gasteiger partial charge in [0, 0.05) is 25.2 Å². The second kappa shape index (κ2) is 6.38. The van der Waals surface area contributed by atoms with E-state index in [4.69, 9.17) is 0 Å². The molecule has 0 amide bonds. The van der Waals surface area contributed by atoms with Crippen molar-refractivity contribution in [1.29, 1.82) is 0 Å². The van der Waals surface area contributed by atoms with Gasteiger partial charge < -0.3 is 5.32 Å². The van der Waals surface area contributed by atoms with Gasteiger partial charge in [-0.25, -0.2) is 0 Å². The number of nitrogens with zero attached hydrogens (tertiary/aromatic N) is 1. The Morgan fingerprint density at radius 3 is 2.39 bits per heavy atom. The van der Waals surface area contributed by atoms with Gasteiger partial charge >= 0.3 is 0 Å². The van der Waals surface area contributed by atoms with E-state index in [0.717, 1.165) is 29.8 Å². The highest BCUT2D eigenvalue weighted by Gasteiger charge is 2.37. The molecule has 3 unspecified atom stereocenters. The Hall–Kier alpha value is -0.0800. The molecule has 1 saturated heterocycles. The molecule has 1 aliphatic carbocycles. The summed E-state index contributed by atoms with van der Waals surface area (Å²) in [5.41, 5.74) is 0. The zero-order chi connectivity index (χ0) is 13.1. The van der Waals surface area contributed by atoms with Gasteiger partial charge in [0.25, 0.3) is 0 Å². The van der Waals surface area contributed by atoms with E-state index in [0.29, 0.717) is 0 Å². The van der Waals surface area contributed by atoms with E-state index in [2.05, 4.69) is 37.9 Å². The van der Waals surface area contributed by atoms with Crippen molar-refractivity contribution in [3.05, 3.63) is 0 Å². The third-order valence-electron chi connectivity index (χ3n) is 5.02. The molecule has 2 aliphatic rings. The molecule has 3 atom stereocenters. The molecule has 2 nitrogen and oxygen atoms in total. The van der Waals surface area contributed by atoms with Gasteiger partial charge in [0.05, 0.1) is 0 Å². The lowest BCUT2D eigenvalue weighted by Crippen LogP contribution is -2.53. The molecular weight excluding hydrogens is 220 g/mol. The minimum atomic E-state index is 0.729. The van der Waals surface area contributed by atoms with Gasteiger partial charge in [-0.2, -0.15) is 0 Å². The van der Waals surface area contributed by atoms with Crippen molar-refractivity contribution in [3.8, 4) is 0 Å². The fourth-order valence-corrected chi connectivity index (χ4v) is 3.36. The van der Waals surface area contributed by atoms with Crippen LogP contribution in [0.4, 0.5) is 0 Å². The zero-order valence-electron chi connectivity index (χ0n) is 12.8. The maximum absolute atomic E-state index is 3.76. The lowest BCUT2D eigenvalue weighted by Gasteiger charge is -2.43. The first-order valence-electron chi connectivity index (χ1n) is 8.09. The topological polar surface area (TPSA) is 15.3 Å². The van der Waals surface area contributed by atoms with Crippen LogP contribution in [0, 0.1) is 17.8 Å². The highest BCUT2D eigenvalue weighted by molar-refractivity contribution is 4.92. The predicted molar refractivity (Wildman–Crippen MR) is 78.8 cm³/mol. The first-order chi connectivity index (χ1) is 8.61. The van der Waals surface area contributed by atoms with E-state index in [1.54, 1.807) is 0 Å². The van der Waals surface area contributed by atoms with Crippen molar-refractivity contribution in [2.24, 2.45) is 17.8 Å². The Labute approximate surface area is 114 Å². The monoisotopic (exact) mass is 252 g/mol. The van der Waals surface area contributed by atoms with E-state index < -0.39 is 0 Å². The van der Waals surface area contributed by atoms with Crippen LogP contribution in [0.25, 0.3) is 0 Å². The van der Waals surface area contributed by atoms with E-state index >= 15 is 0 Å². The van der Waals surface area contributed by atoms with Gasteiger partial charge in [-0.15, -0.1) is 0 Å². The lowest BCUT2D eigenvalue weighted by atomic mass is 9.84. The molecule has 1 saturated carbocycles. The fraction of sp³-hybridized carbons (Fsp3) is 1.00. The molecule has 2 heteroatoms. The molecule has 0 aromatic heterocycles. The normalized spacial score (nSPS) is 31.8. The van der Waals surface area contributed by atoms with Gasteiger partial charge in [0.1, 0.15) is 0 Å². The summed E-state index contributed by atoms with van der Waals surface area (Å²) in [6, 6.07) is 1.55. The van der Waals surface area contributed by atoms with Crippen LogP contribution in [0.2, 0.25) is 0 Å². The predicted octanol–water partition coefficient (Wildman–Crippen LogP) is 3.13. The molecular formula is C16H32N2. The van der Waals surface area contributed by atoms with Crippen LogP contribution in [0.5, 0.6) is 0 Å². The minimum absolute atomic E-state index is 0.729. The van der Waals surface area contributed by atoms with Crippen molar-refractivity contribution < 1.29 is 0 Å². The summed E-state index contributed by atoms with van der Waals surface area (Å²) < 4.78 is 0. The third kappa shape index (κ3) is 3.71. The van der Waals surface area contributed by atoms with Crippen molar-refractivity contribution in [2.75, 3.05) is 19.6 Å². The van der Waals surface area contributed by atoms with Gasteiger partial charge in [-0.1, -0.05) is 20.8 Å². The van der Waals surface area contributed by atoms with Crippen LogP contribution in [0.1, 0.15) is 53.4 Å². The first-order valence-corrected chi connectivity index (χ1v) is 8.09. The Bertz CT molecular complexity index is 247. The van der Waals surface area contributed by atoms with Gasteiger partial charge in [0.15, 0.2) is 0 Å². The van der Waals surface area contributed by atoms with Crippen molar-refractivity contribution in [3.63, 3.8) is 0 Å². The molecule has 18 heavy (non-hydrogen) atoms. The molecule has 0 spiro atoms. The maximum Gasteiger partial charge on any atom is 0.0198 e. The molecule has 2 fully saturated rings. The Morgan fingerprint density at radius 2 is 1.83 bits per heavy atom. The second-order valence-corrected chi connectivity index (χ2v) is 6.92. The summed E-state index contributed by atoms with van der Waals surface area (Å²) in [6.45, 7) is 13.3. The maximum atomic E-state index is 3.76. The van der Waals surface area contributed by atoms with E-state index in [1.807, 2.05) is 0 Å². The van der Waals surface area contributed by atoms with Gasteiger partial charge in [-0.3, -0.25) is 4.90 Å². The van der Waals surface area contributed by atoms with Crippen LogP contribution in [0.3, 0.4) is 0 Å². The highest BCUT2D eigenvalue weighted by atomic mass is 15.2. The Kier molecular flexibility index (Phi) is 5.08. The third-order valence-corrected chi connectivity index (χ3v) is 5.02. The number of hydrogen-bond donors (Lipinski definition) is 1. The average molecular weight is 252 g/mol. The molecule has 0 bridgehead atoms. The second-order valence-electron chi connectivity index (χ2n) is 6.92. The van der Waals surface area contributed by atoms with Crippen LogP contribution >= 0.6 is 0 Å². The Balaban J connectivity index is 1.92. The largest absolute Gasteiger partial charge is 0.313 e. The number of rotatable bonds is 6. The lowest BCUT2D eigenvalue weighted by molar-refractivity contribution is 0.0762. The van der Waals surface area contributed by atoms with Gasteiger partial charge in [-0.05, 0) is 56.9 Å². The number of hydrogen-bond acceptors (Lipinski definition) is 2. The summed E-state index contributed by atoms with van der Waals surface area (Å²) in [5.74, 6) is 2.71. The molecule has 1 heterocycles. The fourth-order valence-electron chi connectivity index (χ4n) is 3.36. The highest BCUT2D eigenvalue weighted by Crippen LogP contribution is 2.37. The first kappa shape index (κ1) is 14.3. The average Bonchev–Trinajstić information content (AvgIpc) is 3.19. The molecule has 2 rings (SSSR count). The summed E-state index contributed by atoms with van der Waals surface area (Å²) in [5, 5.41) is 3.76. The zero-order valence-corrected chi connectivity index (χ0v) is 12.8. The summed E-state index contributed by atoms with van der Waals surface area (Å²) in [7, 11) is 0. The number of piperidine rings is 1. The van der Waals surface area contributed by atoms with Gasteiger partial charge in [0.2, 0.25) is 0 Å². The molecule has 0 radical (unpaired) electrons.